The summed E-state index contributed by atoms with van der Waals surface area (Å²) < 4.78 is 23.1. The van der Waals surface area contributed by atoms with Gasteiger partial charge in [-0.15, -0.1) is 0 Å². The van der Waals surface area contributed by atoms with Crippen molar-refractivity contribution in [2.24, 2.45) is 0 Å². The Morgan fingerprint density at radius 3 is 2.71 bits per heavy atom. The molecule has 0 N–H and O–H groups in total. The summed E-state index contributed by atoms with van der Waals surface area (Å²) in [5.41, 5.74) is 0.970. The standard InChI is InChI=1S/C15H19FN2O3/c1-20-6-5-18(4-3-15(19)21-2)11-13-7-12(10-17)8-14(16)9-13/h7-9H,3-6,11H2,1-2H3. The van der Waals surface area contributed by atoms with E-state index in [4.69, 9.17) is 10.00 Å². The summed E-state index contributed by atoms with van der Waals surface area (Å²) in [7, 11) is 2.93. The Morgan fingerprint density at radius 2 is 2.10 bits per heavy atom. The van der Waals surface area contributed by atoms with Gasteiger partial charge in [-0.3, -0.25) is 9.69 Å². The lowest BCUT2D eigenvalue weighted by atomic mass is 10.1. The van der Waals surface area contributed by atoms with Crippen LogP contribution in [0.4, 0.5) is 4.39 Å². The Hall–Kier alpha value is -1.97. The van der Waals surface area contributed by atoms with Crippen molar-refractivity contribution in [3.05, 3.63) is 35.1 Å². The van der Waals surface area contributed by atoms with Crippen molar-refractivity contribution in [1.29, 1.82) is 5.26 Å². The maximum atomic E-state index is 13.4. The fourth-order valence-electron chi connectivity index (χ4n) is 1.91. The van der Waals surface area contributed by atoms with Gasteiger partial charge >= 0.3 is 5.97 Å². The van der Waals surface area contributed by atoms with E-state index < -0.39 is 5.82 Å². The van der Waals surface area contributed by atoms with Crippen LogP contribution in [0.1, 0.15) is 17.5 Å². The van der Waals surface area contributed by atoms with E-state index in [0.717, 1.165) is 0 Å². The van der Waals surface area contributed by atoms with Crippen molar-refractivity contribution in [1.82, 2.24) is 4.90 Å². The summed E-state index contributed by atoms with van der Waals surface area (Å²) in [6, 6.07) is 6.15. The SMILES string of the molecule is COCCN(CCC(=O)OC)Cc1cc(F)cc(C#N)c1. The summed E-state index contributed by atoms with van der Waals surface area (Å²) in [6.07, 6.45) is 0.251. The number of benzene rings is 1. The number of nitriles is 1. The third-order valence-electron chi connectivity index (χ3n) is 2.96. The Bertz CT molecular complexity index is 514. The van der Waals surface area contributed by atoms with E-state index in [0.29, 0.717) is 31.8 Å². The number of esters is 1. The predicted molar refractivity (Wildman–Crippen MR) is 74.9 cm³/mol. The molecule has 0 radical (unpaired) electrons. The lowest BCUT2D eigenvalue weighted by Crippen LogP contribution is -2.29. The summed E-state index contributed by atoms with van der Waals surface area (Å²) in [5, 5.41) is 8.86. The minimum atomic E-state index is -0.441. The number of ether oxygens (including phenoxy) is 2. The van der Waals surface area contributed by atoms with Crippen LogP contribution in [0.25, 0.3) is 0 Å². The first-order valence-electron chi connectivity index (χ1n) is 6.56. The molecule has 1 aromatic rings. The first kappa shape index (κ1) is 17.1. The van der Waals surface area contributed by atoms with Crippen LogP contribution in [0.3, 0.4) is 0 Å². The van der Waals surface area contributed by atoms with Gasteiger partial charge in [0.15, 0.2) is 0 Å². The monoisotopic (exact) mass is 294 g/mol. The normalized spacial score (nSPS) is 10.4. The van der Waals surface area contributed by atoms with Crippen LogP contribution in [0, 0.1) is 17.1 Å². The van der Waals surface area contributed by atoms with E-state index in [2.05, 4.69) is 4.74 Å². The fourth-order valence-corrected chi connectivity index (χ4v) is 1.91. The van der Waals surface area contributed by atoms with E-state index in [1.165, 1.54) is 19.2 Å². The van der Waals surface area contributed by atoms with Gasteiger partial charge in [-0.2, -0.15) is 5.26 Å². The van der Waals surface area contributed by atoms with Crippen molar-refractivity contribution < 1.29 is 18.7 Å². The van der Waals surface area contributed by atoms with E-state index in [1.54, 1.807) is 13.2 Å². The molecule has 0 heterocycles. The number of nitrogens with zero attached hydrogens (tertiary/aromatic N) is 2. The van der Waals surface area contributed by atoms with Gasteiger partial charge in [0.05, 0.1) is 31.8 Å². The highest BCUT2D eigenvalue weighted by molar-refractivity contribution is 5.69. The van der Waals surface area contributed by atoms with Crippen LogP contribution >= 0.6 is 0 Å². The molecule has 0 saturated carbocycles. The Labute approximate surface area is 123 Å². The van der Waals surface area contributed by atoms with E-state index >= 15 is 0 Å². The van der Waals surface area contributed by atoms with E-state index in [9.17, 15) is 9.18 Å². The molecule has 0 amide bonds. The number of hydrogen-bond donors (Lipinski definition) is 0. The molecular formula is C15H19FN2O3. The van der Waals surface area contributed by atoms with Gasteiger partial charge in [0, 0.05) is 26.7 Å². The predicted octanol–water partition coefficient (Wildman–Crippen LogP) is 1.71. The molecule has 5 nitrogen and oxygen atoms in total. The molecule has 0 aliphatic carbocycles. The van der Waals surface area contributed by atoms with E-state index in [-0.39, 0.29) is 18.0 Å². The molecule has 0 aromatic heterocycles. The van der Waals surface area contributed by atoms with Crippen LogP contribution in [-0.4, -0.2) is 44.8 Å². The highest BCUT2D eigenvalue weighted by Crippen LogP contribution is 2.11. The lowest BCUT2D eigenvalue weighted by molar-refractivity contribution is -0.141. The third-order valence-corrected chi connectivity index (χ3v) is 2.96. The fraction of sp³-hybridized carbons (Fsp3) is 0.467. The van der Waals surface area contributed by atoms with Crippen LogP contribution in [0.5, 0.6) is 0 Å². The zero-order valence-electron chi connectivity index (χ0n) is 12.3. The van der Waals surface area contributed by atoms with Gasteiger partial charge in [-0.05, 0) is 23.8 Å². The zero-order valence-corrected chi connectivity index (χ0v) is 12.3. The average molecular weight is 294 g/mol. The second-order valence-corrected chi connectivity index (χ2v) is 4.56. The van der Waals surface area contributed by atoms with Crippen LogP contribution in [0.2, 0.25) is 0 Å². The van der Waals surface area contributed by atoms with Crippen molar-refractivity contribution in [3.8, 4) is 6.07 Å². The molecule has 21 heavy (non-hydrogen) atoms. The molecule has 1 aromatic carbocycles. The molecule has 0 saturated heterocycles. The first-order chi connectivity index (χ1) is 10.1. The van der Waals surface area contributed by atoms with Gasteiger partial charge in [-0.25, -0.2) is 4.39 Å². The van der Waals surface area contributed by atoms with Gasteiger partial charge < -0.3 is 9.47 Å². The summed E-state index contributed by atoms with van der Waals surface area (Å²) in [4.78, 5) is 13.2. The summed E-state index contributed by atoms with van der Waals surface area (Å²) in [6.45, 7) is 2.02. The van der Waals surface area contributed by atoms with Gasteiger partial charge in [0.25, 0.3) is 0 Å². The minimum Gasteiger partial charge on any atom is -0.469 e. The topological polar surface area (TPSA) is 62.6 Å². The smallest absolute Gasteiger partial charge is 0.306 e. The van der Waals surface area contributed by atoms with Gasteiger partial charge in [0.2, 0.25) is 0 Å². The van der Waals surface area contributed by atoms with Crippen molar-refractivity contribution in [3.63, 3.8) is 0 Å². The van der Waals surface area contributed by atoms with Crippen molar-refractivity contribution in [2.75, 3.05) is 33.9 Å². The number of hydrogen-bond acceptors (Lipinski definition) is 5. The number of rotatable bonds is 8. The quantitative estimate of drug-likeness (QED) is 0.683. The van der Waals surface area contributed by atoms with Gasteiger partial charge in [0.1, 0.15) is 5.82 Å². The lowest BCUT2D eigenvalue weighted by Gasteiger charge is -2.21. The van der Waals surface area contributed by atoms with Crippen LogP contribution < -0.4 is 0 Å². The molecule has 0 aliphatic rings. The highest BCUT2D eigenvalue weighted by atomic mass is 19.1. The molecule has 0 spiro atoms. The van der Waals surface area contributed by atoms with Crippen LogP contribution in [0.15, 0.2) is 18.2 Å². The molecule has 0 aliphatic heterocycles. The third kappa shape index (κ3) is 6.34. The molecule has 6 heteroatoms. The summed E-state index contributed by atoms with van der Waals surface area (Å²) in [5.74, 6) is -0.738. The number of methoxy groups -OCH3 is 2. The molecule has 1 rings (SSSR count). The average Bonchev–Trinajstić information content (AvgIpc) is 2.48. The van der Waals surface area contributed by atoms with E-state index in [1.807, 2.05) is 11.0 Å². The first-order valence-corrected chi connectivity index (χ1v) is 6.56. The molecule has 114 valence electrons. The maximum Gasteiger partial charge on any atom is 0.306 e. The zero-order chi connectivity index (χ0) is 15.7. The minimum absolute atomic E-state index is 0.251. The number of halogens is 1. The Morgan fingerprint density at radius 1 is 1.33 bits per heavy atom. The highest BCUT2D eigenvalue weighted by Gasteiger charge is 2.10. The summed E-state index contributed by atoms with van der Waals surface area (Å²) >= 11 is 0. The maximum absolute atomic E-state index is 13.4. The second kappa shape index (κ2) is 9.06. The van der Waals surface area contributed by atoms with Gasteiger partial charge in [-0.1, -0.05) is 0 Å². The largest absolute Gasteiger partial charge is 0.469 e. The molecule has 0 unspecified atom stereocenters. The molecule has 0 fully saturated rings. The molecule has 0 atom stereocenters. The Kier molecular flexibility index (Phi) is 7.37. The Balaban J connectivity index is 2.73. The number of carbonyl (C=O) groups excluding carboxylic acids is 1. The molecule has 0 bridgehead atoms. The second-order valence-electron chi connectivity index (χ2n) is 4.56. The van der Waals surface area contributed by atoms with Crippen molar-refractivity contribution in [2.45, 2.75) is 13.0 Å². The van der Waals surface area contributed by atoms with Crippen molar-refractivity contribution >= 4 is 5.97 Å². The van der Waals surface area contributed by atoms with Crippen LogP contribution in [-0.2, 0) is 20.8 Å². The molecular weight excluding hydrogens is 275 g/mol. The number of carbonyl (C=O) groups is 1.